The fourth-order valence-corrected chi connectivity index (χ4v) is 5.94. The average molecular weight is 480 g/mol. The monoisotopic (exact) mass is 479 g/mol. The second-order valence-electron chi connectivity index (χ2n) is 9.23. The predicted octanol–water partition coefficient (Wildman–Crippen LogP) is 0.339. The Labute approximate surface area is 196 Å². The van der Waals surface area contributed by atoms with E-state index in [1.165, 1.54) is 14.0 Å². The summed E-state index contributed by atoms with van der Waals surface area (Å²) in [6.45, 7) is -0.0764. The molecule has 2 aliphatic carbocycles. The first-order valence-corrected chi connectivity index (χ1v) is 11.3. The van der Waals surface area contributed by atoms with Gasteiger partial charge in [-0.2, -0.15) is 0 Å². The van der Waals surface area contributed by atoms with Crippen LogP contribution in [0.1, 0.15) is 28.6 Å². The lowest BCUT2D eigenvalue weighted by atomic mass is 9.95. The van der Waals surface area contributed by atoms with Crippen molar-refractivity contribution >= 4 is 46.6 Å². The Kier molecular flexibility index (Phi) is 3.56. The highest BCUT2D eigenvalue weighted by atomic mass is 35.5. The van der Waals surface area contributed by atoms with Crippen LogP contribution >= 0.6 is 11.6 Å². The molecule has 4 amide bonds. The fraction of sp³-hybridized carbons (Fsp3) is 0.318. The molecule has 3 N–H and O–H groups in total. The number of carbonyl (C=O) groups is 3. The van der Waals surface area contributed by atoms with Crippen molar-refractivity contribution in [2.45, 2.75) is 36.3 Å². The molecule has 4 aliphatic rings. The molecule has 2 aliphatic heterocycles. The molecule has 1 saturated heterocycles. The Hall–Kier alpha value is -3.86. The molecular weight excluding hydrogens is 462 g/mol. The molecule has 1 spiro atoms. The molecule has 0 radical (unpaired) electrons. The number of imide groups is 1. The maximum absolute atomic E-state index is 13.3. The highest BCUT2D eigenvalue weighted by molar-refractivity contribution is 6.23. The van der Waals surface area contributed by atoms with Gasteiger partial charge in [0, 0.05) is 19.9 Å². The second-order valence-corrected chi connectivity index (χ2v) is 9.73. The SMILES string of the molecule is CN1C(=O)NC(=O)C12Cc1cc3nc(-n4c5c6n(c4=O)CC(=O)NC6C(Cl)C=C5)[nH]c3cc1C2. The number of aromatic amines is 1. The van der Waals surface area contributed by atoms with Crippen molar-refractivity contribution in [3.63, 3.8) is 0 Å². The zero-order valence-corrected chi connectivity index (χ0v) is 18.6. The first-order valence-electron chi connectivity index (χ1n) is 10.8. The number of hydrogen-bond acceptors (Lipinski definition) is 5. The molecule has 7 rings (SSSR count). The van der Waals surface area contributed by atoms with Gasteiger partial charge in [-0.3, -0.25) is 19.5 Å². The molecule has 12 heteroatoms. The third-order valence-electron chi connectivity index (χ3n) is 7.44. The minimum absolute atomic E-state index is 0.0764. The number of fused-ring (bicyclic) bond motifs is 2. The Morgan fingerprint density at radius 3 is 2.65 bits per heavy atom. The summed E-state index contributed by atoms with van der Waals surface area (Å²) in [7, 11) is 1.63. The lowest BCUT2D eigenvalue weighted by molar-refractivity contribution is -0.126. The Morgan fingerprint density at radius 1 is 1.15 bits per heavy atom. The number of urea groups is 1. The summed E-state index contributed by atoms with van der Waals surface area (Å²) in [6, 6.07) is 2.94. The van der Waals surface area contributed by atoms with Crippen LogP contribution in [0.25, 0.3) is 23.1 Å². The number of imidazole rings is 2. The molecule has 34 heavy (non-hydrogen) atoms. The maximum Gasteiger partial charge on any atom is 0.336 e. The summed E-state index contributed by atoms with van der Waals surface area (Å²) in [5, 5.41) is 4.80. The fourth-order valence-electron chi connectivity index (χ4n) is 5.68. The van der Waals surface area contributed by atoms with Crippen LogP contribution < -0.4 is 16.3 Å². The standard InChI is InChI=1S/C22H18ClN7O4/c1-28-20(33)27-18(32)22(28)6-9-4-12-13(5-10(9)7-22)25-19(24-12)30-14-3-2-11(23)16-17(14)29(21(30)34)8-15(31)26-16/h2-5,11,16H,6-8H2,1H3,(H,24,25)(H,26,31)(H,27,32,33). The van der Waals surface area contributed by atoms with Crippen molar-refractivity contribution in [1.82, 2.24) is 34.6 Å². The molecule has 0 saturated carbocycles. The van der Waals surface area contributed by atoms with E-state index in [-0.39, 0.29) is 24.0 Å². The number of nitrogens with zero attached hydrogens (tertiary/aromatic N) is 4. The zero-order chi connectivity index (χ0) is 23.5. The molecular formula is C22H18ClN7O4. The third kappa shape index (κ3) is 2.29. The van der Waals surface area contributed by atoms with Gasteiger partial charge >= 0.3 is 11.7 Å². The number of H-pyrrole nitrogens is 1. The molecule has 1 fully saturated rings. The Balaban J connectivity index is 1.34. The van der Waals surface area contributed by atoms with Crippen molar-refractivity contribution in [3.8, 4) is 5.95 Å². The molecule has 1 aromatic carbocycles. The summed E-state index contributed by atoms with van der Waals surface area (Å²) in [6.07, 6.45) is 4.33. The molecule has 3 aromatic rings. The Bertz CT molecular complexity index is 1530. The molecule has 2 aromatic heterocycles. The smallest absolute Gasteiger partial charge is 0.336 e. The summed E-state index contributed by atoms with van der Waals surface area (Å²) < 4.78 is 2.91. The van der Waals surface area contributed by atoms with Crippen molar-refractivity contribution in [2.24, 2.45) is 0 Å². The van der Waals surface area contributed by atoms with E-state index in [2.05, 4.69) is 20.6 Å². The van der Waals surface area contributed by atoms with Gasteiger partial charge in [0.2, 0.25) is 11.9 Å². The van der Waals surface area contributed by atoms with Crippen LogP contribution in [-0.4, -0.2) is 59.8 Å². The topological polar surface area (TPSA) is 134 Å². The molecule has 0 bridgehead atoms. The van der Waals surface area contributed by atoms with E-state index >= 15 is 0 Å². The number of alkyl halides is 1. The first kappa shape index (κ1) is 19.6. The summed E-state index contributed by atoms with van der Waals surface area (Å²) in [5.41, 5.74) is 3.24. The van der Waals surface area contributed by atoms with Crippen molar-refractivity contribution in [2.75, 3.05) is 7.05 Å². The van der Waals surface area contributed by atoms with Crippen LogP contribution in [0.4, 0.5) is 4.79 Å². The van der Waals surface area contributed by atoms with E-state index in [1.807, 2.05) is 12.1 Å². The number of halogens is 1. The third-order valence-corrected chi connectivity index (χ3v) is 7.84. The van der Waals surface area contributed by atoms with Gasteiger partial charge in [-0.25, -0.2) is 19.1 Å². The van der Waals surface area contributed by atoms with Gasteiger partial charge in [0.25, 0.3) is 5.91 Å². The van der Waals surface area contributed by atoms with Gasteiger partial charge in [0.05, 0.1) is 33.8 Å². The number of nitrogens with one attached hydrogen (secondary N) is 3. The molecule has 172 valence electrons. The number of hydrogen-bond donors (Lipinski definition) is 3. The van der Waals surface area contributed by atoms with Crippen LogP contribution in [-0.2, 0) is 29.0 Å². The van der Waals surface area contributed by atoms with E-state index < -0.39 is 23.0 Å². The Morgan fingerprint density at radius 2 is 1.91 bits per heavy atom. The van der Waals surface area contributed by atoms with Crippen LogP contribution in [0.3, 0.4) is 0 Å². The van der Waals surface area contributed by atoms with Gasteiger partial charge in [-0.15, -0.1) is 11.6 Å². The zero-order valence-electron chi connectivity index (χ0n) is 17.9. The summed E-state index contributed by atoms with van der Waals surface area (Å²) >= 11 is 6.39. The van der Waals surface area contributed by atoms with E-state index in [0.717, 1.165) is 11.1 Å². The van der Waals surface area contributed by atoms with E-state index in [9.17, 15) is 19.2 Å². The predicted molar refractivity (Wildman–Crippen MR) is 121 cm³/mol. The van der Waals surface area contributed by atoms with Crippen LogP contribution in [0, 0.1) is 0 Å². The molecule has 4 heterocycles. The molecule has 3 atom stereocenters. The molecule has 3 unspecified atom stereocenters. The van der Waals surface area contributed by atoms with Crippen LogP contribution in [0.15, 0.2) is 23.0 Å². The number of likely N-dealkylation sites (N-methyl/N-ethyl adjacent to an activating group) is 1. The largest absolute Gasteiger partial charge is 0.344 e. The van der Waals surface area contributed by atoms with Crippen molar-refractivity contribution in [3.05, 3.63) is 51.2 Å². The minimum Gasteiger partial charge on any atom is -0.344 e. The van der Waals surface area contributed by atoms with Crippen molar-refractivity contribution in [1.29, 1.82) is 0 Å². The maximum atomic E-state index is 13.3. The van der Waals surface area contributed by atoms with Gasteiger partial charge in [0.1, 0.15) is 12.1 Å². The lowest BCUT2D eigenvalue weighted by Gasteiger charge is -2.29. The number of amides is 4. The van der Waals surface area contributed by atoms with E-state index in [0.29, 0.717) is 41.2 Å². The quantitative estimate of drug-likeness (QED) is 0.342. The lowest BCUT2D eigenvalue weighted by Crippen LogP contribution is -2.48. The second kappa shape index (κ2) is 6.17. The van der Waals surface area contributed by atoms with Gasteiger partial charge in [-0.1, -0.05) is 6.08 Å². The van der Waals surface area contributed by atoms with Crippen LogP contribution in [0.5, 0.6) is 0 Å². The highest BCUT2D eigenvalue weighted by Crippen LogP contribution is 2.39. The normalized spacial score (nSPS) is 24.1. The average Bonchev–Trinajstić information content (AvgIpc) is 3.50. The highest BCUT2D eigenvalue weighted by Gasteiger charge is 2.54. The summed E-state index contributed by atoms with van der Waals surface area (Å²) in [4.78, 5) is 59.4. The van der Waals surface area contributed by atoms with Gasteiger partial charge in [0.15, 0.2) is 0 Å². The molecule has 11 nitrogen and oxygen atoms in total. The van der Waals surface area contributed by atoms with E-state index in [1.54, 1.807) is 19.2 Å². The van der Waals surface area contributed by atoms with Gasteiger partial charge in [-0.05, 0) is 29.3 Å². The number of carbonyl (C=O) groups excluding carboxylic acids is 3. The number of rotatable bonds is 1. The van der Waals surface area contributed by atoms with E-state index in [4.69, 9.17) is 11.6 Å². The first-order chi connectivity index (χ1) is 16.3. The van der Waals surface area contributed by atoms with Crippen molar-refractivity contribution < 1.29 is 14.4 Å². The van der Waals surface area contributed by atoms with Crippen LogP contribution in [0.2, 0.25) is 0 Å². The number of aromatic nitrogens is 4. The van der Waals surface area contributed by atoms with Gasteiger partial charge < -0.3 is 15.2 Å². The number of benzene rings is 1. The minimum atomic E-state index is -0.916. The summed E-state index contributed by atoms with van der Waals surface area (Å²) in [5.74, 6) is -0.218.